The van der Waals surface area contributed by atoms with Gasteiger partial charge in [-0.05, 0) is 44.9 Å². The standard InChI is InChI=1S/C14H18ClNO/c1-16-10-6-7-11(16)9-12(8-10)17-14-5-3-2-4-13(14)15/h2-5,10-12H,6-9H2,1H3. The summed E-state index contributed by atoms with van der Waals surface area (Å²) >= 11 is 6.13. The van der Waals surface area contributed by atoms with Crippen molar-refractivity contribution in [1.82, 2.24) is 4.90 Å². The topological polar surface area (TPSA) is 12.5 Å². The Balaban J connectivity index is 1.70. The summed E-state index contributed by atoms with van der Waals surface area (Å²) in [4.78, 5) is 2.52. The first kappa shape index (κ1) is 11.4. The van der Waals surface area contributed by atoms with Gasteiger partial charge < -0.3 is 9.64 Å². The molecule has 0 amide bonds. The lowest BCUT2D eigenvalue weighted by Gasteiger charge is -2.36. The molecule has 2 fully saturated rings. The van der Waals surface area contributed by atoms with Crippen molar-refractivity contribution in [2.24, 2.45) is 0 Å². The minimum absolute atomic E-state index is 0.337. The highest BCUT2D eigenvalue weighted by molar-refractivity contribution is 6.32. The van der Waals surface area contributed by atoms with E-state index in [0.29, 0.717) is 18.2 Å². The molecule has 2 saturated heterocycles. The van der Waals surface area contributed by atoms with Gasteiger partial charge in [-0.3, -0.25) is 0 Å². The predicted molar refractivity (Wildman–Crippen MR) is 69.7 cm³/mol. The zero-order valence-electron chi connectivity index (χ0n) is 10.1. The third-order valence-corrected chi connectivity index (χ3v) is 4.50. The van der Waals surface area contributed by atoms with Gasteiger partial charge in [0.15, 0.2) is 0 Å². The zero-order chi connectivity index (χ0) is 11.8. The van der Waals surface area contributed by atoms with Gasteiger partial charge in [-0.2, -0.15) is 0 Å². The fourth-order valence-corrected chi connectivity index (χ4v) is 3.36. The number of piperidine rings is 1. The monoisotopic (exact) mass is 251 g/mol. The molecule has 3 heteroatoms. The number of rotatable bonds is 2. The molecule has 0 N–H and O–H groups in total. The van der Waals surface area contributed by atoms with Crippen molar-refractivity contribution in [3.8, 4) is 5.75 Å². The second-order valence-electron chi connectivity index (χ2n) is 5.19. The molecule has 2 bridgehead atoms. The lowest BCUT2D eigenvalue weighted by molar-refractivity contribution is 0.0662. The molecule has 0 radical (unpaired) electrons. The van der Waals surface area contributed by atoms with Crippen LogP contribution < -0.4 is 4.74 Å². The minimum Gasteiger partial charge on any atom is -0.489 e. The number of nitrogens with zero attached hydrogens (tertiary/aromatic N) is 1. The van der Waals surface area contributed by atoms with Gasteiger partial charge in [0.05, 0.1) is 5.02 Å². The van der Waals surface area contributed by atoms with Crippen molar-refractivity contribution in [2.45, 2.75) is 43.9 Å². The smallest absolute Gasteiger partial charge is 0.138 e. The summed E-state index contributed by atoms with van der Waals surface area (Å²) in [6, 6.07) is 9.18. The Bertz CT molecular complexity index is 395. The van der Waals surface area contributed by atoms with Gasteiger partial charge in [0, 0.05) is 12.1 Å². The molecule has 2 heterocycles. The molecular weight excluding hydrogens is 234 g/mol. The van der Waals surface area contributed by atoms with Gasteiger partial charge in [0.2, 0.25) is 0 Å². The van der Waals surface area contributed by atoms with Crippen LogP contribution in [-0.2, 0) is 0 Å². The molecule has 17 heavy (non-hydrogen) atoms. The van der Waals surface area contributed by atoms with E-state index in [-0.39, 0.29) is 0 Å². The first-order valence-corrected chi connectivity index (χ1v) is 6.75. The Hall–Kier alpha value is -0.730. The number of fused-ring (bicyclic) bond motifs is 2. The van der Waals surface area contributed by atoms with Crippen LogP contribution >= 0.6 is 11.6 Å². The van der Waals surface area contributed by atoms with E-state index in [0.717, 1.165) is 23.6 Å². The van der Waals surface area contributed by atoms with E-state index in [4.69, 9.17) is 16.3 Å². The second-order valence-corrected chi connectivity index (χ2v) is 5.60. The highest BCUT2D eigenvalue weighted by Crippen LogP contribution is 2.36. The van der Waals surface area contributed by atoms with Crippen LogP contribution in [0.4, 0.5) is 0 Å². The summed E-state index contributed by atoms with van der Waals surface area (Å²) in [5.74, 6) is 0.836. The summed E-state index contributed by atoms with van der Waals surface area (Å²) in [6.45, 7) is 0. The summed E-state index contributed by atoms with van der Waals surface area (Å²) in [5.41, 5.74) is 0. The molecule has 0 saturated carbocycles. The molecule has 92 valence electrons. The van der Waals surface area contributed by atoms with Crippen LogP contribution in [0.25, 0.3) is 0 Å². The molecule has 2 atom stereocenters. The summed E-state index contributed by atoms with van der Waals surface area (Å²) in [6.07, 6.45) is 5.26. The van der Waals surface area contributed by atoms with Crippen molar-refractivity contribution in [1.29, 1.82) is 0 Å². The molecule has 1 aromatic rings. The summed E-state index contributed by atoms with van der Waals surface area (Å²) < 4.78 is 6.06. The highest BCUT2D eigenvalue weighted by atomic mass is 35.5. The second kappa shape index (κ2) is 4.51. The van der Waals surface area contributed by atoms with Gasteiger partial charge in [-0.15, -0.1) is 0 Å². The number of para-hydroxylation sites is 1. The van der Waals surface area contributed by atoms with E-state index < -0.39 is 0 Å². The highest BCUT2D eigenvalue weighted by Gasteiger charge is 2.39. The van der Waals surface area contributed by atoms with Crippen LogP contribution in [-0.4, -0.2) is 30.1 Å². The first-order chi connectivity index (χ1) is 8.24. The van der Waals surface area contributed by atoms with Crippen molar-refractivity contribution in [2.75, 3.05) is 7.05 Å². The molecule has 3 rings (SSSR count). The van der Waals surface area contributed by atoms with Crippen LogP contribution in [0, 0.1) is 0 Å². The molecule has 0 spiro atoms. The normalized spacial score (nSPS) is 32.7. The molecule has 2 aliphatic heterocycles. The summed E-state index contributed by atoms with van der Waals surface area (Å²) in [7, 11) is 2.24. The van der Waals surface area contributed by atoms with E-state index in [1.54, 1.807) is 0 Å². The van der Waals surface area contributed by atoms with E-state index in [1.165, 1.54) is 12.8 Å². The quantitative estimate of drug-likeness (QED) is 0.799. The fraction of sp³-hybridized carbons (Fsp3) is 0.571. The van der Waals surface area contributed by atoms with E-state index in [9.17, 15) is 0 Å². The Morgan fingerprint density at radius 3 is 2.47 bits per heavy atom. The third kappa shape index (κ3) is 2.16. The number of benzene rings is 1. The average Bonchev–Trinajstić information content (AvgIpc) is 2.55. The maximum absolute atomic E-state index is 6.13. The average molecular weight is 252 g/mol. The van der Waals surface area contributed by atoms with Gasteiger partial charge >= 0.3 is 0 Å². The van der Waals surface area contributed by atoms with Gasteiger partial charge in [0.1, 0.15) is 11.9 Å². The Kier molecular flexibility index (Phi) is 3.01. The minimum atomic E-state index is 0.337. The number of hydrogen-bond donors (Lipinski definition) is 0. The van der Waals surface area contributed by atoms with Crippen LogP contribution in [0.3, 0.4) is 0 Å². The Morgan fingerprint density at radius 1 is 1.18 bits per heavy atom. The van der Waals surface area contributed by atoms with Crippen LogP contribution in [0.1, 0.15) is 25.7 Å². The number of halogens is 1. The lowest BCUT2D eigenvalue weighted by Crippen LogP contribution is -2.43. The van der Waals surface area contributed by atoms with Crippen molar-refractivity contribution >= 4 is 11.6 Å². The molecule has 0 aromatic heterocycles. The molecule has 0 aliphatic carbocycles. The summed E-state index contributed by atoms with van der Waals surface area (Å²) in [5, 5.41) is 0.721. The van der Waals surface area contributed by atoms with Crippen LogP contribution in [0.5, 0.6) is 5.75 Å². The Labute approximate surface area is 108 Å². The first-order valence-electron chi connectivity index (χ1n) is 6.37. The van der Waals surface area contributed by atoms with Crippen molar-refractivity contribution in [3.63, 3.8) is 0 Å². The lowest BCUT2D eigenvalue weighted by atomic mass is 10.0. The molecular formula is C14H18ClNO. The largest absolute Gasteiger partial charge is 0.489 e. The van der Waals surface area contributed by atoms with Gasteiger partial charge in [-0.1, -0.05) is 23.7 Å². The molecule has 1 aromatic carbocycles. The van der Waals surface area contributed by atoms with Gasteiger partial charge in [0.25, 0.3) is 0 Å². The van der Waals surface area contributed by atoms with E-state index in [1.807, 2.05) is 24.3 Å². The third-order valence-electron chi connectivity index (χ3n) is 4.19. The maximum atomic E-state index is 6.13. The van der Waals surface area contributed by atoms with Crippen LogP contribution in [0.15, 0.2) is 24.3 Å². The molecule has 2 unspecified atom stereocenters. The Morgan fingerprint density at radius 2 is 1.82 bits per heavy atom. The number of hydrogen-bond acceptors (Lipinski definition) is 2. The fourth-order valence-electron chi connectivity index (χ4n) is 3.18. The van der Waals surface area contributed by atoms with Crippen LogP contribution in [0.2, 0.25) is 5.02 Å². The van der Waals surface area contributed by atoms with Gasteiger partial charge in [-0.25, -0.2) is 0 Å². The van der Waals surface area contributed by atoms with E-state index in [2.05, 4.69) is 11.9 Å². The van der Waals surface area contributed by atoms with Crippen molar-refractivity contribution in [3.05, 3.63) is 29.3 Å². The zero-order valence-corrected chi connectivity index (χ0v) is 10.9. The molecule has 2 nitrogen and oxygen atoms in total. The molecule has 2 aliphatic rings. The maximum Gasteiger partial charge on any atom is 0.138 e. The number of ether oxygens (including phenoxy) is 1. The van der Waals surface area contributed by atoms with Crippen molar-refractivity contribution < 1.29 is 4.74 Å². The SMILES string of the molecule is CN1C2CCC1CC(Oc1ccccc1Cl)C2. The van der Waals surface area contributed by atoms with E-state index >= 15 is 0 Å². The predicted octanol–water partition coefficient (Wildman–Crippen LogP) is 3.34.